The lowest BCUT2D eigenvalue weighted by Gasteiger charge is -2.41. The van der Waals surface area contributed by atoms with Gasteiger partial charge in [0.1, 0.15) is 5.54 Å². The molecule has 4 amide bonds. The maximum absolute atomic E-state index is 13.5. The summed E-state index contributed by atoms with van der Waals surface area (Å²) in [7, 11) is 3.88. The minimum Gasteiger partial charge on any atom is -0.343 e. The molecule has 2 atom stereocenters. The first kappa shape index (κ1) is 24.6. The van der Waals surface area contributed by atoms with Crippen molar-refractivity contribution in [3.8, 4) is 0 Å². The van der Waals surface area contributed by atoms with Crippen LogP contribution in [0.2, 0.25) is 0 Å². The van der Waals surface area contributed by atoms with Crippen LogP contribution in [0, 0.1) is 17.8 Å². The fourth-order valence-electron chi connectivity index (χ4n) is 4.51. The Morgan fingerprint density at radius 1 is 1.20 bits per heavy atom. The summed E-state index contributed by atoms with van der Waals surface area (Å²) in [4.78, 5) is 44.2. The summed E-state index contributed by atoms with van der Waals surface area (Å²) in [5, 5.41) is 3.12. The number of likely N-dealkylation sites (N-methyl/N-ethyl adjacent to an activating group) is 1. The number of amides is 4. The number of rotatable bonds is 10. The summed E-state index contributed by atoms with van der Waals surface area (Å²) >= 11 is 0. The van der Waals surface area contributed by atoms with Crippen LogP contribution in [-0.4, -0.2) is 78.4 Å². The first-order valence-electron chi connectivity index (χ1n) is 11.7. The molecule has 172 valence electrons. The number of hydrogen-bond acceptors (Lipinski definition) is 4. The monoisotopic (exact) mass is 422 g/mol. The van der Waals surface area contributed by atoms with Crippen molar-refractivity contribution in [2.24, 2.45) is 17.8 Å². The predicted molar refractivity (Wildman–Crippen MR) is 119 cm³/mol. The third kappa shape index (κ3) is 5.74. The molecule has 7 nitrogen and oxygen atoms in total. The van der Waals surface area contributed by atoms with E-state index in [0.29, 0.717) is 50.9 Å². The Balaban J connectivity index is 2.11. The van der Waals surface area contributed by atoms with Crippen LogP contribution in [0.1, 0.15) is 66.2 Å². The van der Waals surface area contributed by atoms with Crippen LogP contribution in [0.5, 0.6) is 0 Å². The third-order valence-corrected chi connectivity index (χ3v) is 6.85. The van der Waals surface area contributed by atoms with Crippen molar-refractivity contribution in [2.75, 3.05) is 40.3 Å². The molecular formula is C23H42N4O3. The maximum atomic E-state index is 13.5. The Bertz CT molecular complexity index is 614. The minimum atomic E-state index is -0.820. The van der Waals surface area contributed by atoms with E-state index in [1.807, 2.05) is 23.9 Å². The number of urea groups is 1. The molecule has 0 aromatic rings. The largest absolute Gasteiger partial charge is 0.343 e. The number of hydrogen-bond donors (Lipinski definition) is 1. The van der Waals surface area contributed by atoms with Gasteiger partial charge in [-0.05, 0) is 57.5 Å². The molecule has 0 aromatic heterocycles. The quantitative estimate of drug-likeness (QED) is 0.550. The van der Waals surface area contributed by atoms with Gasteiger partial charge >= 0.3 is 6.03 Å². The smallest absolute Gasteiger partial charge is 0.325 e. The number of imide groups is 1. The minimum absolute atomic E-state index is 0.0700. The molecule has 0 aliphatic carbocycles. The average molecular weight is 423 g/mol. The van der Waals surface area contributed by atoms with E-state index in [1.54, 1.807) is 0 Å². The van der Waals surface area contributed by atoms with Gasteiger partial charge < -0.3 is 15.1 Å². The maximum Gasteiger partial charge on any atom is 0.325 e. The highest BCUT2D eigenvalue weighted by Gasteiger charge is 2.55. The molecule has 2 saturated heterocycles. The predicted octanol–water partition coefficient (Wildman–Crippen LogP) is 2.95. The number of nitrogens with zero attached hydrogens (tertiary/aromatic N) is 3. The first-order chi connectivity index (χ1) is 14.1. The molecule has 1 N–H and O–H groups in total. The molecule has 30 heavy (non-hydrogen) atoms. The van der Waals surface area contributed by atoms with Crippen LogP contribution in [0.4, 0.5) is 4.79 Å². The van der Waals surface area contributed by atoms with Crippen LogP contribution in [-0.2, 0) is 9.59 Å². The van der Waals surface area contributed by atoms with Gasteiger partial charge in [-0.3, -0.25) is 14.5 Å². The summed E-state index contributed by atoms with van der Waals surface area (Å²) in [6.07, 6.45) is 4.67. The lowest BCUT2D eigenvalue weighted by atomic mass is 9.73. The van der Waals surface area contributed by atoms with Crippen molar-refractivity contribution in [1.29, 1.82) is 0 Å². The van der Waals surface area contributed by atoms with Crippen molar-refractivity contribution >= 4 is 17.8 Å². The highest BCUT2D eigenvalue weighted by atomic mass is 16.2. The van der Waals surface area contributed by atoms with Crippen LogP contribution in [0.25, 0.3) is 0 Å². The van der Waals surface area contributed by atoms with Crippen LogP contribution < -0.4 is 5.32 Å². The number of carbonyl (C=O) groups is 3. The van der Waals surface area contributed by atoms with Crippen LogP contribution >= 0.6 is 0 Å². The van der Waals surface area contributed by atoms with Crippen molar-refractivity contribution in [3.05, 3.63) is 0 Å². The Morgan fingerprint density at radius 3 is 2.37 bits per heavy atom. The summed E-state index contributed by atoms with van der Waals surface area (Å²) in [6.45, 7) is 10.9. The van der Waals surface area contributed by atoms with E-state index in [0.717, 1.165) is 25.7 Å². The number of piperidine rings is 1. The molecule has 0 unspecified atom stereocenters. The molecule has 0 radical (unpaired) electrons. The molecular weight excluding hydrogens is 380 g/mol. The highest BCUT2D eigenvalue weighted by molar-refractivity contribution is 6.07. The first-order valence-corrected chi connectivity index (χ1v) is 11.7. The standard InChI is InChI=1S/C23H42N4O3/c1-7-18(4)16-20(28)26-12-9-19(10-13-26)23(11-8-17(2)3)21(29)27(22(30)24-23)15-14-25(5)6/h17-19H,7-16H2,1-6H3,(H,24,30)/t18-,23+/m0/s1. The Hall–Kier alpha value is -1.63. The van der Waals surface area contributed by atoms with Crippen molar-refractivity contribution in [2.45, 2.75) is 71.8 Å². The molecule has 0 bridgehead atoms. The van der Waals surface area contributed by atoms with E-state index >= 15 is 0 Å². The molecule has 2 aliphatic rings. The van der Waals surface area contributed by atoms with Gasteiger partial charge in [0, 0.05) is 32.6 Å². The fraction of sp³-hybridized carbons (Fsp3) is 0.870. The van der Waals surface area contributed by atoms with Crippen molar-refractivity contribution < 1.29 is 14.4 Å². The SMILES string of the molecule is CC[C@H](C)CC(=O)N1CCC([C@@]2(CCC(C)C)NC(=O)N(CCN(C)C)C2=O)CC1. The molecule has 2 rings (SSSR count). The van der Waals surface area contributed by atoms with E-state index < -0.39 is 5.54 Å². The fourth-order valence-corrected chi connectivity index (χ4v) is 4.51. The summed E-state index contributed by atoms with van der Waals surface area (Å²) in [5.74, 6) is 1.07. The van der Waals surface area contributed by atoms with E-state index in [4.69, 9.17) is 0 Å². The summed E-state index contributed by atoms with van der Waals surface area (Å²) < 4.78 is 0. The zero-order valence-corrected chi connectivity index (χ0v) is 19.9. The molecule has 0 spiro atoms. The number of likely N-dealkylation sites (tertiary alicyclic amines) is 1. The third-order valence-electron chi connectivity index (χ3n) is 6.85. The van der Waals surface area contributed by atoms with Gasteiger partial charge in [0.25, 0.3) is 5.91 Å². The lowest BCUT2D eigenvalue weighted by molar-refractivity contribution is -0.136. The lowest BCUT2D eigenvalue weighted by Crippen LogP contribution is -2.56. The molecule has 7 heteroatoms. The number of carbonyl (C=O) groups excluding carboxylic acids is 3. The Morgan fingerprint density at radius 2 is 1.83 bits per heavy atom. The Kier molecular flexibility index (Phi) is 8.71. The molecule has 2 aliphatic heterocycles. The van der Waals surface area contributed by atoms with Crippen LogP contribution in [0.3, 0.4) is 0 Å². The zero-order chi connectivity index (χ0) is 22.5. The zero-order valence-electron chi connectivity index (χ0n) is 19.9. The molecule has 0 aromatic carbocycles. The highest BCUT2D eigenvalue weighted by Crippen LogP contribution is 2.38. The van der Waals surface area contributed by atoms with Gasteiger partial charge in [0.2, 0.25) is 5.91 Å². The molecule has 2 heterocycles. The second-order valence-electron chi connectivity index (χ2n) is 9.97. The van der Waals surface area contributed by atoms with Gasteiger partial charge in [-0.25, -0.2) is 4.79 Å². The van der Waals surface area contributed by atoms with E-state index in [9.17, 15) is 14.4 Å². The van der Waals surface area contributed by atoms with Gasteiger partial charge in [-0.2, -0.15) is 0 Å². The van der Waals surface area contributed by atoms with E-state index in [2.05, 4.69) is 33.0 Å². The molecule has 0 saturated carbocycles. The normalized spacial score (nSPS) is 24.1. The average Bonchev–Trinajstić information content (AvgIpc) is 2.95. The topological polar surface area (TPSA) is 73.0 Å². The summed E-state index contributed by atoms with van der Waals surface area (Å²) in [6, 6.07) is -0.263. The van der Waals surface area contributed by atoms with Gasteiger partial charge in [0.05, 0.1) is 0 Å². The van der Waals surface area contributed by atoms with Gasteiger partial charge in [-0.15, -0.1) is 0 Å². The molecule has 2 fully saturated rings. The second kappa shape index (κ2) is 10.6. The van der Waals surface area contributed by atoms with E-state index in [-0.39, 0.29) is 23.8 Å². The number of nitrogens with one attached hydrogen (secondary N) is 1. The van der Waals surface area contributed by atoms with Gasteiger partial charge in [0.15, 0.2) is 0 Å². The summed E-state index contributed by atoms with van der Waals surface area (Å²) in [5.41, 5.74) is -0.820. The van der Waals surface area contributed by atoms with Crippen LogP contribution in [0.15, 0.2) is 0 Å². The second-order valence-corrected chi connectivity index (χ2v) is 9.97. The van der Waals surface area contributed by atoms with E-state index in [1.165, 1.54) is 4.90 Å². The van der Waals surface area contributed by atoms with Crippen molar-refractivity contribution in [3.63, 3.8) is 0 Å². The van der Waals surface area contributed by atoms with Crippen molar-refractivity contribution in [1.82, 2.24) is 20.0 Å². The Labute approximate surface area is 182 Å². The van der Waals surface area contributed by atoms with Gasteiger partial charge in [-0.1, -0.05) is 34.1 Å².